The summed E-state index contributed by atoms with van der Waals surface area (Å²) in [5, 5.41) is 3.86. The molecule has 2 rings (SSSR count). The molecule has 2 atom stereocenters. The highest BCUT2D eigenvalue weighted by Gasteiger charge is 2.25. The van der Waals surface area contributed by atoms with Gasteiger partial charge in [-0.05, 0) is 37.9 Å². The van der Waals surface area contributed by atoms with Crippen molar-refractivity contribution in [1.82, 2.24) is 5.32 Å². The maximum Gasteiger partial charge on any atom is 0.139 e. The van der Waals surface area contributed by atoms with Crippen molar-refractivity contribution in [1.29, 1.82) is 0 Å². The minimum Gasteiger partial charge on any atom is -0.314 e. The summed E-state index contributed by atoms with van der Waals surface area (Å²) in [7, 11) is 0. The normalized spacial score (nSPS) is 24.2. The van der Waals surface area contributed by atoms with E-state index in [2.05, 4.69) is 12.2 Å². The van der Waals surface area contributed by atoms with E-state index in [1.54, 1.807) is 0 Å². The lowest BCUT2D eigenvalue weighted by Gasteiger charge is -2.12. The molecule has 1 aliphatic rings. The summed E-state index contributed by atoms with van der Waals surface area (Å²) in [6.07, 6.45) is 3.31. The van der Waals surface area contributed by atoms with Gasteiger partial charge in [-0.3, -0.25) is 0 Å². The van der Waals surface area contributed by atoms with Gasteiger partial charge in [-0.25, -0.2) is 8.78 Å². The molecular formula is C13H17F2NS. The molecule has 0 heterocycles. The first kappa shape index (κ1) is 12.8. The molecule has 0 bridgehead atoms. The second-order valence-electron chi connectivity index (χ2n) is 4.38. The fourth-order valence-corrected chi connectivity index (χ4v) is 3.53. The summed E-state index contributed by atoms with van der Waals surface area (Å²) in [5.41, 5.74) is 0. The molecule has 2 unspecified atom stereocenters. The van der Waals surface area contributed by atoms with Crippen LogP contribution in [0.4, 0.5) is 8.78 Å². The molecule has 94 valence electrons. The monoisotopic (exact) mass is 257 g/mol. The van der Waals surface area contributed by atoms with E-state index in [0.29, 0.717) is 16.2 Å². The molecule has 0 amide bonds. The standard InChI is InChI=1S/C13H17F2NS/c1-2-16-10-4-5-11(8-10)17-13-6-3-9(14)7-12(13)15/h3,6-7,10-11,16H,2,4-5,8H2,1H3. The Labute approximate surface area is 105 Å². The van der Waals surface area contributed by atoms with Crippen molar-refractivity contribution in [3.63, 3.8) is 0 Å². The van der Waals surface area contributed by atoms with Crippen LogP contribution in [0, 0.1) is 11.6 Å². The van der Waals surface area contributed by atoms with Crippen LogP contribution in [0.5, 0.6) is 0 Å². The Hall–Kier alpha value is -0.610. The largest absolute Gasteiger partial charge is 0.314 e. The van der Waals surface area contributed by atoms with Crippen LogP contribution < -0.4 is 5.32 Å². The highest BCUT2D eigenvalue weighted by Crippen LogP contribution is 2.36. The number of halogens is 2. The Kier molecular flexibility index (Phi) is 4.40. The molecule has 0 aliphatic heterocycles. The second-order valence-corrected chi connectivity index (χ2v) is 5.72. The van der Waals surface area contributed by atoms with E-state index in [0.717, 1.165) is 31.9 Å². The van der Waals surface area contributed by atoms with Crippen LogP contribution in [-0.4, -0.2) is 17.8 Å². The summed E-state index contributed by atoms with van der Waals surface area (Å²) in [5.74, 6) is -0.953. The first-order chi connectivity index (χ1) is 8.19. The number of rotatable bonds is 4. The van der Waals surface area contributed by atoms with E-state index in [1.807, 2.05) is 0 Å². The Balaban J connectivity index is 1.93. The van der Waals surface area contributed by atoms with E-state index in [1.165, 1.54) is 23.9 Å². The molecule has 4 heteroatoms. The average Bonchev–Trinajstić information content (AvgIpc) is 2.71. The SMILES string of the molecule is CCNC1CCC(Sc2ccc(F)cc2F)C1. The second kappa shape index (κ2) is 5.83. The Morgan fingerprint density at radius 3 is 2.88 bits per heavy atom. The van der Waals surface area contributed by atoms with Crippen LogP contribution in [0.2, 0.25) is 0 Å². The first-order valence-electron chi connectivity index (χ1n) is 6.04. The molecule has 0 saturated heterocycles. The number of benzene rings is 1. The minimum absolute atomic E-state index is 0.443. The molecule has 17 heavy (non-hydrogen) atoms. The number of hydrogen-bond acceptors (Lipinski definition) is 2. The Bertz CT molecular complexity index is 384. The number of nitrogens with one attached hydrogen (secondary N) is 1. The predicted molar refractivity (Wildman–Crippen MR) is 67.3 cm³/mol. The molecule has 1 nitrogen and oxygen atoms in total. The summed E-state index contributed by atoms with van der Waals surface area (Å²) < 4.78 is 26.2. The summed E-state index contributed by atoms with van der Waals surface area (Å²) in [6.45, 7) is 3.08. The van der Waals surface area contributed by atoms with Gasteiger partial charge in [-0.1, -0.05) is 6.92 Å². The molecule has 1 saturated carbocycles. The highest BCUT2D eigenvalue weighted by molar-refractivity contribution is 8.00. The van der Waals surface area contributed by atoms with E-state index in [9.17, 15) is 8.78 Å². The summed E-state index contributed by atoms with van der Waals surface area (Å²) in [6, 6.07) is 4.37. The fraction of sp³-hybridized carbons (Fsp3) is 0.538. The van der Waals surface area contributed by atoms with E-state index >= 15 is 0 Å². The zero-order valence-electron chi connectivity index (χ0n) is 9.88. The third-order valence-corrected chi connectivity index (χ3v) is 4.41. The molecule has 0 aromatic heterocycles. The zero-order valence-corrected chi connectivity index (χ0v) is 10.7. The van der Waals surface area contributed by atoms with Gasteiger partial charge >= 0.3 is 0 Å². The maximum absolute atomic E-state index is 13.5. The molecule has 1 aromatic carbocycles. The van der Waals surface area contributed by atoms with Gasteiger partial charge in [-0.15, -0.1) is 11.8 Å². The van der Waals surface area contributed by atoms with Crippen molar-refractivity contribution in [2.45, 2.75) is 42.4 Å². The van der Waals surface area contributed by atoms with Crippen molar-refractivity contribution < 1.29 is 8.78 Å². The van der Waals surface area contributed by atoms with Crippen molar-refractivity contribution in [3.8, 4) is 0 Å². The van der Waals surface area contributed by atoms with Crippen LogP contribution in [0.3, 0.4) is 0 Å². The molecule has 1 fully saturated rings. The van der Waals surface area contributed by atoms with E-state index in [4.69, 9.17) is 0 Å². The van der Waals surface area contributed by atoms with Crippen molar-refractivity contribution in [3.05, 3.63) is 29.8 Å². The van der Waals surface area contributed by atoms with Gasteiger partial charge in [0.1, 0.15) is 11.6 Å². The maximum atomic E-state index is 13.5. The molecule has 0 spiro atoms. The topological polar surface area (TPSA) is 12.0 Å². The minimum atomic E-state index is -0.510. The van der Waals surface area contributed by atoms with Gasteiger partial charge in [0.2, 0.25) is 0 Å². The summed E-state index contributed by atoms with van der Waals surface area (Å²) >= 11 is 1.53. The van der Waals surface area contributed by atoms with Gasteiger partial charge in [0, 0.05) is 22.3 Å². The van der Waals surface area contributed by atoms with Crippen molar-refractivity contribution in [2.24, 2.45) is 0 Å². The molecular weight excluding hydrogens is 240 g/mol. The zero-order chi connectivity index (χ0) is 12.3. The smallest absolute Gasteiger partial charge is 0.139 e. The number of thioether (sulfide) groups is 1. The van der Waals surface area contributed by atoms with Crippen LogP contribution in [0.25, 0.3) is 0 Å². The number of hydrogen-bond donors (Lipinski definition) is 1. The van der Waals surface area contributed by atoms with E-state index in [-0.39, 0.29) is 0 Å². The molecule has 0 radical (unpaired) electrons. The Morgan fingerprint density at radius 2 is 2.18 bits per heavy atom. The van der Waals surface area contributed by atoms with Gasteiger partial charge in [0.05, 0.1) is 0 Å². The van der Waals surface area contributed by atoms with Gasteiger partial charge < -0.3 is 5.32 Å². The van der Waals surface area contributed by atoms with Gasteiger partial charge in [-0.2, -0.15) is 0 Å². The van der Waals surface area contributed by atoms with Crippen LogP contribution in [0.15, 0.2) is 23.1 Å². The van der Waals surface area contributed by atoms with Gasteiger partial charge in [0.25, 0.3) is 0 Å². The van der Waals surface area contributed by atoms with Gasteiger partial charge in [0.15, 0.2) is 0 Å². The fourth-order valence-electron chi connectivity index (χ4n) is 2.27. The predicted octanol–water partition coefficient (Wildman–Crippen LogP) is 3.59. The molecule has 1 aromatic rings. The Morgan fingerprint density at radius 1 is 1.35 bits per heavy atom. The molecule has 1 N–H and O–H groups in total. The lowest BCUT2D eigenvalue weighted by atomic mass is 10.2. The summed E-state index contributed by atoms with van der Waals surface area (Å²) in [4.78, 5) is 0.563. The average molecular weight is 257 g/mol. The quantitative estimate of drug-likeness (QED) is 0.884. The first-order valence-corrected chi connectivity index (χ1v) is 6.92. The van der Waals surface area contributed by atoms with Crippen molar-refractivity contribution >= 4 is 11.8 Å². The van der Waals surface area contributed by atoms with E-state index < -0.39 is 11.6 Å². The third kappa shape index (κ3) is 3.42. The lowest BCUT2D eigenvalue weighted by molar-refractivity contribution is 0.543. The highest BCUT2D eigenvalue weighted by atomic mass is 32.2. The third-order valence-electron chi connectivity index (χ3n) is 3.06. The molecule has 1 aliphatic carbocycles. The van der Waals surface area contributed by atoms with Crippen LogP contribution >= 0.6 is 11.8 Å². The van der Waals surface area contributed by atoms with Crippen LogP contribution in [-0.2, 0) is 0 Å². The lowest BCUT2D eigenvalue weighted by Crippen LogP contribution is -2.26. The van der Waals surface area contributed by atoms with Crippen molar-refractivity contribution in [2.75, 3.05) is 6.54 Å². The van der Waals surface area contributed by atoms with Crippen LogP contribution in [0.1, 0.15) is 26.2 Å².